The largest absolute Gasteiger partial charge is 0.310 e. The number of halogens is 2. The van der Waals surface area contributed by atoms with Crippen LogP contribution in [-0.2, 0) is 6.54 Å². The van der Waals surface area contributed by atoms with Crippen molar-refractivity contribution < 1.29 is 4.39 Å². The van der Waals surface area contributed by atoms with Crippen LogP contribution in [0.25, 0.3) is 0 Å². The molecule has 0 aromatic heterocycles. The van der Waals surface area contributed by atoms with Crippen LogP contribution in [0.5, 0.6) is 0 Å². The first-order chi connectivity index (χ1) is 8.08. The molecule has 1 aliphatic rings. The molecule has 0 radical (unpaired) electrons. The van der Waals surface area contributed by atoms with Crippen molar-refractivity contribution in [3.8, 4) is 0 Å². The molecule has 1 aliphatic carbocycles. The van der Waals surface area contributed by atoms with Crippen LogP contribution < -0.4 is 5.32 Å². The first kappa shape index (κ1) is 13.0. The van der Waals surface area contributed by atoms with Crippen LogP contribution in [0.2, 0.25) is 0 Å². The Kier molecular flexibility index (Phi) is 4.21. The first-order valence-electron chi connectivity index (χ1n) is 6.25. The van der Waals surface area contributed by atoms with Crippen molar-refractivity contribution in [2.24, 2.45) is 11.8 Å². The van der Waals surface area contributed by atoms with E-state index in [-0.39, 0.29) is 5.82 Å². The number of rotatable bonds is 3. The maximum absolute atomic E-state index is 13.1. The quantitative estimate of drug-likeness (QED) is 0.885. The van der Waals surface area contributed by atoms with Crippen molar-refractivity contribution in [1.82, 2.24) is 5.32 Å². The highest BCUT2D eigenvalue weighted by atomic mass is 79.9. The van der Waals surface area contributed by atoms with Crippen LogP contribution in [0.3, 0.4) is 0 Å². The molecule has 0 amide bonds. The lowest BCUT2D eigenvalue weighted by Gasteiger charge is -2.19. The van der Waals surface area contributed by atoms with Crippen LogP contribution >= 0.6 is 15.9 Å². The monoisotopic (exact) mass is 299 g/mol. The summed E-state index contributed by atoms with van der Waals surface area (Å²) >= 11 is 3.22. The topological polar surface area (TPSA) is 12.0 Å². The van der Waals surface area contributed by atoms with Crippen molar-refractivity contribution in [3.63, 3.8) is 0 Å². The average Bonchev–Trinajstić information content (AvgIpc) is 2.62. The molecule has 3 unspecified atom stereocenters. The molecule has 1 saturated carbocycles. The van der Waals surface area contributed by atoms with Gasteiger partial charge in [0.2, 0.25) is 0 Å². The average molecular weight is 300 g/mol. The standard InChI is InChI=1S/C14H19BrFN/c1-9-3-6-14(10(9)2)17-8-11-4-5-13(16)12(15)7-11/h4-5,7,9-10,14,17H,3,6,8H2,1-2H3. The molecule has 1 aromatic rings. The van der Waals surface area contributed by atoms with Crippen molar-refractivity contribution in [3.05, 3.63) is 34.1 Å². The van der Waals surface area contributed by atoms with Crippen LogP contribution in [0, 0.1) is 17.7 Å². The van der Waals surface area contributed by atoms with Gasteiger partial charge in [-0.3, -0.25) is 0 Å². The molecule has 2 rings (SSSR count). The molecule has 3 atom stereocenters. The third-order valence-electron chi connectivity index (χ3n) is 4.02. The molecule has 0 bridgehead atoms. The second-order valence-corrected chi connectivity index (χ2v) is 6.00. The third-order valence-corrected chi connectivity index (χ3v) is 4.63. The van der Waals surface area contributed by atoms with Gasteiger partial charge in [-0.15, -0.1) is 0 Å². The molecule has 0 spiro atoms. The summed E-state index contributed by atoms with van der Waals surface area (Å²) in [5.41, 5.74) is 1.13. The smallest absolute Gasteiger partial charge is 0.137 e. The highest BCUT2D eigenvalue weighted by molar-refractivity contribution is 9.10. The lowest BCUT2D eigenvalue weighted by atomic mass is 9.98. The van der Waals surface area contributed by atoms with Gasteiger partial charge in [0.05, 0.1) is 4.47 Å². The second kappa shape index (κ2) is 5.49. The summed E-state index contributed by atoms with van der Waals surface area (Å²) in [6.07, 6.45) is 2.57. The minimum absolute atomic E-state index is 0.198. The van der Waals surface area contributed by atoms with Gasteiger partial charge in [0, 0.05) is 12.6 Å². The zero-order valence-electron chi connectivity index (χ0n) is 10.3. The zero-order chi connectivity index (χ0) is 12.4. The van der Waals surface area contributed by atoms with E-state index < -0.39 is 0 Å². The SMILES string of the molecule is CC1CCC(NCc2ccc(F)c(Br)c2)C1C. The number of hydrogen-bond acceptors (Lipinski definition) is 1. The van der Waals surface area contributed by atoms with Gasteiger partial charge in [-0.25, -0.2) is 4.39 Å². The van der Waals surface area contributed by atoms with E-state index in [1.54, 1.807) is 0 Å². The molecule has 1 fully saturated rings. The van der Waals surface area contributed by atoms with Crippen LogP contribution in [-0.4, -0.2) is 6.04 Å². The van der Waals surface area contributed by atoms with E-state index in [0.717, 1.165) is 23.9 Å². The number of benzene rings is 1. The molecule has 1 N–H and O–H groups in total. The van der Waals surface area contributed by atoms with Crippen LogP contribution in [0.15, 0.2) is 22.7 Å². The van der Waals surface area contributed by atoms with Gasteiger partial charge in [0.1, 0.15) is 5.82 Å². The number of hydrogen-bond donors (Lipinski definition) is 1. The summed E-state index contributed by atoms with van der Waals surface area (Å²) in [7, 11) is 0. The summed E-state index contributed by atoms with van der Waals surface area (Å²) in [4.78, 5) is 0. The number of nitrogens with one attached hydrogen (secondary N) is 1. The van der Waals surface area contributed by atoms with E-state index in [1.165, 1.54) is 18.9 Å². The molecule has 1 nitrogen and oxygen atoms in total. The minimum Gasteiger partial charge on any atom is -0.310 e. The predicted molar refractivity (Wildman–Crippen MR) is 72.3 cm³/mol. The van der Waals surface area contributed by atoms with Gasteiger partial charge >= 0.3 is 0 Å². The summed E-state index contributed by atoms with van der Waals surface area (Å²) in [5, 5.41) is 3.58. The Balaban J connectivity index is 1.92. The van der Waals surface area contributed by atoms with E-state index in [2.05, 4.69) is 35.1 Å². The Bertz CT molecular complexity index is 394. The second-order valence-electron chi connectivity index (χ2n) is 5.15. The Morgan fingerprint density at radius 2 is 2.12 bits per heavy atom. The van der Waals surface area contributed by atoms with Crippen molar-refractivity contribution >= 4 is 15.9 Å². The first-order valence-corrected chi connectivity index (χ1v) is 7.04. The fourth-order valence-corrected chi connectivity index (χ4v) is 2.98. The van der Waals surface area contributed by atoms with Gasteiger partial charge in [-0.05, 0) is 58.3 Å². The Hall–Kier alpha value is -0.410. The van der Waals surface area contributed by atoms with Gasteiger partial charge in [0.15, 0.2) is 0 Å². The Morgan fingerprint density at radius 3 is 2.71 bits per heavy atom. The zero-order valence-corrected chi connectivity index (χ0v) is 11.9. The minimum atomic E-state index is -0.198. The highest BCUT2D eigenvalue weighted by Crippen LogP contribution is 2.31. The fourth-order valence-electron chi connectivity index (χ4n) is 2.55. The van der Waals surface area contributed by atoms with Crippen LogP contribution in [0.1, 0.15) is 32.3 Å². The maximum Gasteiger partial charge on any atom is 0.137 e. The van der Waals surface area contributed by atoms with Gasteiger partial charge < -0.3 is 5.32 Å². The molecule has 1 aromatic carbocycles. The summed E-state index contributed by atoms with van der Waals surface area (Å²) in [5.74, 6) is 1.35. The molecule has 17 heavy (non-hydrogen) atoms. The molecule has 0 aliphatic heterocycles. The van der Waals surface area contributed by atoms with Gasteiger partial charge in [0.25, 0.3) is 0 Å². The van der Waals surface area contributed by atoms with Gasteiger partial charge in [-0.1, -0.05) is 19.9 Å². The predicted octanol–water partition coefficient (Wildman–Crippen LogP) is 4.11. The van der Waals surface area contributed by atoms with Crippen molar-refractivity contribution in [1.29, 1.82) is 0 Å². The van der Waals surface area contributed by atoms with E-state index in [1.807, 2.05) is 12.1 Å². The molecule has 3 heteroatoms. The normalized spacial score (nSPS) is 28.6. The summed E-state index contributed by atoms with van der Waals surface area (Å²) < 4.78 is 13.6. The van der Waals surface area contributed by atoms with E-state index >= 15 is 0 Å². The summed E-state index contributed by atoms with van der Waals surface area (Å²) in [6.45, 7) is 5.46. The lowest BCUT2D eigenvalue weighted by Crippen LogP contribution is -2.31. The maximum atomic E-state index is 13.1. The Morgan fingerprint density at radius 1 is 1.35 bits per heavy atom. The van der Waals surface area contributed by atoms with Gasteiger partial charge in [-0.2, -0.15) is 0 Å². The highest BCUT2D eigenvalue weighted by Gasteiger charge is 2.28. The van der Waals surface area contributed by atoms with E-state index in [0.29, 0.717) is 10.5 Å². The van der Waals surface area contributed by atoms with E-state index in [9.17, 15) is 4.39 Å². The third kappa shape index (κ3) is 3.08. The fraction of sp³-hybridized carbons (Fsp3) is 0.571. The molecular weight excluding hydrogens is 281 g/mol. The molecular formula is C14H19BrFN. The van der Waals surface area contributed by atoms with Crippen molar-refractivity contribution in [2.75, 3.05) is 0 Å². The molecule has 0 heterocycles. The summed E-state index contributed by atoms with van der Waals surface area (Å²) in [6, 6.07) is 5.82. The lowest BCUT2D eigenvalue weighted by molar-refractivity contribution is 0.370. The van der Waals surface area contributed by atoms with E-state index in [4.69, 9.17) is 0 Å². The van der Waals surface area contributed by atoms with Crippen LogP contribution in [0.4, 0.5) is 4.39 Å². The molecule has 0 saturated heterocycles. The van der Waals surface area contributed by atoms with Crippen molar-refractivity contribution in [2.45, 2.75) is 39.3 Å². The molecule has 94 valence electrons. The Labute approximate surface area is 111 Å².